The lowest BCUT2D eigenvalue weighted by Gasteiger charge is -1.96. The van der Waals surface area contributed by atoms with E-state index in [9.17, 15) is 4.79 Å². The Morgan fingerprint density at radius 1 is 1.47 bits per heavy atom. The van der Waals surface area contributed by atoms with E-state index in [-0.39, 0.29) is 0 Å². The van der Waals surface area contributed by atoms with E-state index in [2.05, 4.69) is 40.6 Å². The second-order valence-corrected chi connectivity index (χ2v) is 4.52. The van der Waals surface area contributed by atoms with Gasteiger partial charge in [-0.05, 0) is 22.0 Å². The van der Waals surface area contributed by atoms with Crippen LogP contribution in [0.5, 0.6) is 0 Å². The van der Waals surface area contributed by atoms with E-state index in [0.717, 1.165) is 5.39 Å². The molecule has 0 aliphatic carbocycles. The smallest absolute Gasteiger partial charge is 0.345 e. The van der Waals surface area contributed by atoms with Crippen molar-refractivity contribution in [2.45, 2.75) is 0 Å². The molecule has 3 aromatic heterocycles. The third kappa shape index (κ3) is 1.67. The molecular formula is C9H4BrClN4O2. The molecule has 0 bridgehead atoms. The third-order valence-corrected chi connectivity index (χ3v) is 3.39. The maximum atomic E-state index is 10.9. The number of rotatable bonds is 1. The second kappa shape index (κ2) is 3.71. The molecule has 0 aromatic carbocycles. The molecule has 0 radical (unpaired) electrons. The van der Waals surface area contributed by atoms with E-state index >= 15 is 0 Å². The minimum absolute atomic E-state index is 0.345. The second-order valence-electron chi connectivity index (χ2n) is 3.30. The van der Waals surface area contributed by atoms with Gasteiger partial charge in [-0.15, -0.1) is 0 Å². The monoisotopic (exact) mass is 314 g/mol. The van der Waals surface area contributed by atoms with Crippen LogP contribution in [0.3, 0.4) is 0 Å². The first-order valence-electron chi connectivity index (χ1n) is 4.54. The first-order chi connectivity index (χ1) is 8.15. The Morgan fingerprint density at radius 2 is 2.29 bits per heavy atom. The Balaban J connectivity index is 2.31. The number of pyridine rings is 1. The number of nitrogens with zero attached hydrogens (tertiary/aromatic N) is 2. The SMILES string of the molecule is O=c1[nH]c(-c2c[nH]c3nc(Cl)c(Br)cc23)no1. The molecule has 86 valence electrons. The molecule has 0 aliphatic rings. The fourth-order valence-corrected chi connectivity index (χ4v) is 2.00. The van der Waals surface area contributed by atoms with Gasteiger partial charge >= 0.3 is 5.76 Å². The van der Waals surface area contributed by atoms with Crippen molar-refractivity contribution < 1.29 is 4.52 Å². The van der Waals surface area contributed by atoms with E-state index in [1.807, 2.05) is 0 Å². The highest BCUT2D eigenvalue weighted by molar-refractivity contribution is 9.10. The number of nitrogens with one attached hydrogen (secondary N) is 2. The van der Waals surface area contributed by atoms with Crippen molar-refractivity contribution in [3.05, 3.63) is 32.4 Å². The summed E-state index contributed by atoms with van der Waals surface area (Å²) >= 11 is 9.17. The predicted molar refractivity (Wildman–Crippen MR) is 64.9 cm³/mol. The van der Waals surface area contributed by atoms with Crippen molar-refractivity contribution >= 4 is 38.6 Å². The van der Waals surface area contributed by atoms with Crippen molar-refractivity contribution in [2.24, 2.45) is 0 Å². The number of fused-ring (bicyclic) bond motifs is 1. The number of H-pyrrole nitrogens is 2. The number of hydrogen-bond donors (Lipinski definition) is 2. The maximum absolute atomic E-state index is 10.9. The Morgan fingerprint density at radius 3 is 3.00 bits per heavy atom. The summed E-state index contributed by atoms with van der Waals surface area (Å²) in [6, 6.07) is 1.80. The molecule has 8 heteroatoms. The largest absolute Gasteiger partial charge is 0.439 e. The summed E-state index contributed by atoms with van der Waals surface area (Å²) in [4.78, 5) is 20.5. The van der Waals surface area contributed by atoms with Crippen LogP contribution in [-0.4, -0.2) is 20.1 Å². The molecule has 3 aromatic rings. The van der Waals surface area contributed by atoms with Crippen LogP contribution in [0.15, 0.2) is 26.1 Å². The van der Waals surface area contributed by atoms with Gasteiger partial charge < -0.3 is 4.98 Å². The molecule has 3 heterocycles. The Kier molecular flexibility index (Phi) is 2.30. The molecule has 2 N–H and O–H groups in total. The molecular weight excluding hydrogens is 311 g/mol. The van der Waals surface area contributed by atoms with Gasteiger partial charge in [-0.1, -0.05) is 16.8 Å². The fraction of sp³-hybridized carbons (Fsp3) is 0. The summed E-state index contributed by atoms with van der Waals surface area (Å²) in [5.74, 6) is -0.257. The topological polar surface area (TPSA) is 87.6 Å². The van der Waals surface area contributed by atoms with Crippen LogP contribution >= 0.6 is 27.5 Å². The van der Waals surface area contributed by atoms with Gasteiger partial charge in [0.15, 0.2) is 5.82 Å². The molecule has 0 aliphatic heterocycles. The Labute approximate surface area is 107 Å². The van der Waals surface area contributed by atoms with Crippen LogP contribution in [0.25, 0.3) is 22.4 Å². The van der Waals surface area contributed by atoms with E-state index < -0.39 is 5.76 Å². The zero-order valence-corrected chi connectivity index (χ0v) is 10.5. The predicted octanol–water partition coefficient (Wildman–Crippen LogP) is 2.32. The molecule has 0 saturated carbocycles. The highest BCUT2D eigenvalue weighted by Gasteiger charge is 2.13. The van der Waals surface area contributed by atoms with Gasteiger partial charge in [-0.25, -0.2) is 9.78 Å². The minimum Gasteiger partial charge on any atom is -0.345 e. The zero-order valence-electron chi connectivity index (χ0n) is 8.12. The average Bonchev–Trinajstić information content (AvgIpc) is 2.86. The Bertz CT molecular complexity index is 760. The quantitative estimate of drug-likeness (QED) is 0.675. The molecule has 3 rings (SSSR count). The van der Waals surface area contributed by atoms with E-state index in [4.69, 9.17) is 11.6 Å². The molecule has 0 spiro atoms. The first-order valence-corrected chi connectivity index (χ1v) is 5.72. The number of aromatic amines is 2. The van der Waals surface area contributed by atoms with Crippen molar-refractivity contribution in [1.29, 1.82) is 0 Å². The van der Waals surface area contributed by atoms with Crippen LogP contribution in [-0.2, 0) is 0 Å². The summed E-state index contributed by atoms with van der Waals surface area (Å²) in [6.07, 6.45) is 1.67. The van der Waals surface area contributed by atoms with Crippen molar-refractivity contribution in [3.63, 3.8) is 0 Å². The third-order valence-electron chi connectivity index (χ3n) is 2.27. The van der Waals surface area contributed by atoms with Crippen LogP contribution in [0, 0.1) is 0 Å². The van der Waals surface area contributed by atoms with Gasteiger partial charge in [0.2, 0.25) is 0 Å². The van der Waals surface area contributed by atoms with E-state index in [0.29, 0.717) is 26.7 Å². The zero-order chi connectivity index (χ0) is 12.0. The molecule has 0 atom stereocenters. The highest BCUT2D eigenvalue weighted by atomic mass is 79.9. The van der Waals surface area contributed by atoms with Crippen molar-refractivity contribution in [1.82, 2.24) is 20.1 Å². The standard InChI is InChI=1S/C9H4BrClN4O2/c10-5-1-3-4(8-14-9(16)17-15-8)2-12-7(3)13-6(5)11/h1-2H,(H,12,13)(H,14,15,16). The number of aromatic nitrogens is 4. The lowest BCUT2D eigenvalue weighted by molar-refractivity contribution is 0.388. The van der Waals surface area contributed by atoms with Crippen LogP contribution in [0.2, 0.25) is 5.15 Å². The van der Waals surface area contributed by atoms with Gasteiger partial charge in [0.1, 0.15) is 10.8 Å². The Hall–Kier alpha value is -1.60. The summed E-state index contributed by atoms with van der Waals surface area (Å²) in [7, 11) is 0. The number of hydrogen-bond acceptors (Lipinski definition) is 4. The molecule has 0 saturated heterocycles. The molecule has 6 nitrogen and oxygen atoms in total. The first kappa shape index (κ1) is 10.5. The summed E-state index contributed by atoms with van der Waals surface area (Å²) < 4.78 is 5.12. The van der Waals surface area contributed by atoms with Crippen LogP contribution < -0.4 is 5.76 Å². The maximum Gasteiger partial charge on any atom is 0.439 e. The summed E-state index contributed by atoms with van der Waals surface area (Å²) in [5.41, 5.74) is 1.30. The summed E-state index contributed by atoms with van der Waals surface area (Å²) in [5, 5.41) is 4.77. The normalized spacial score (nSPS) is 11.2. The van der Waals surface area contributed by atoms with Gasteiger partial charge in [0.25, 0.3) is 0 Å². The fourth-order valence-electron chi connectivity index (χ4n) is 1.54. The van der Waals surface area contributed by atoms with Gasteiger partial charge in [-0.2, -0.15) is 0 Å². The van der Waals surface area contributed by atoms with Crippen LogP contribution in [0.1, 0.15) is 0 Å². The lowest BCUT2D eigenvalue weighted by Crippen LogP contribution is -1.94. The molecule has 17 heavy (non-hydrogen) atoms. The van der Waals surface area contributed by atoms with Gasteiger partial charge in [0.05, 0.1) is 4.47 Å². The molecule has 0 unspecified atom stereocenters. The molecule has 0 amide bonds. The van der Waals surface area contributed by atoms with Crippen molar-refractivity contribution in [2.75, 3.05) is 0 Å². The van der Waals surface area contributed by atoms with Crippen LogP contribution in [0.4, 0.5) is 0 Å². The average molecular weight is 316 g/mol. The van der Waals surface area contributed by atoms with Gasteiger partial charge in [-0.3, -0.25) is 9.51 Å². The van der Waals surface area contributed by atoms with Gasteiger partial charge in [0, 0.05) is 17.1 Å². The molecule has 0 fully saturated rings. The number of halogens is 2. The highest BCUT2D eigenvalue weighted by Crippen LogP contribution is 2.30. The summed E-state index contributed by atoms with van der Waals surface area (Å²) in [6.45, 7) is 0. The van der Waals surface area contributed by atoms with Crippen molar-refractivity contribution in [3.8, 4) is 11.4 Å². The van der Waals surface area contributed by atoms with E-state index in [1.165, 1.54) is 0 Å². The van der Waals surface area contributed by atoms with E-state index in [1.54, 1.807) is 12.3 Å². The lowest BCUT2D eigenvalue weighted by atomic mass is 10.2. The minimum atomic E-state index is -0.602.